The van der Waals surface area contributed by atoms with Crippen LogP contribution in [0.5, 0.6) is 0 Å². The van der Waals surface area contributed by atoms with Gasteiger partial charge in [0.25, 0.3) is 11.8 Å². The number of carbonyl (C=O) groups is 4. The summed E-state index contributed by atoms with van der Waals surface area (Å²) in [6.07, 6.45) is 1.35. The number of nitrogens with zero attached hydrogens (tertiary/aromatic N) is 2. The van der Waals surface area contributed by atoms with E-state index < -0.39 is 6.04 Å². The summed E-state index contributed by atoms with van der Waals surface area (Å²) in [5, 5.41) is 3.79. The molecule has 40 heavy (non-hydrogen) atoms. The van der Waals surface area contributed by atoms with Gasteiger partial charge in [-0.1, -0.05) is 78.7 Å². The van der Waals surface area contributed by atoms with Crippen LogP contribution in [0.1, 0.15) is 58.0 Å². The van der Waals surface area contributed by atoms with Crippen molar-refractivity contribution in [1.82, 2.24) is 15.1 Å². The first-order chi connectivity index (χ1) is 19.3. The van der Waals surface area contributed by atoms with Crippen molar-refractivity contribution < 1.29 is 19.2 Å². The van der Waals surface area contributed by atoms with Crippen molar-refractivity contribution in [2.45, 2.75) is 45.2 Å². The first kappa shape index (κ1) is 29.3. The largest absolute Gasteiger partial charge is 0.354 e. The van der Waals surface area contributed by atoms with E-state index in [4.69, 9.17) is 23.2 Å². The summed E-state index contributed by atoms with van der Waals surface area (Å²) in [6, 6.07) is 20.4. The lowest BCUT2D eigenvalue weighted by Crippen LogP contribution is -2.50. The lowest BCUT2D eigenvalue weighted by Gasteiger charge is -2.32. The zero-order valence-electron chi connectivity index (χ0n) is 22.2. The molecule has 0 saturated carbocycles. The van der Waals surface area contributed by atoms with E-state index in [1.54, 1.807) is 42.5 Å². The summed E-state index contributed by atoms with van der Waals surface area (Å²) in [5.41, 5.74) is 2.30. The number of imide groups is 1. The third-order valence-electron chi connectivity index (χ3n) is 6.83. The standard InChI is InChI=1S/C31H31Cl2N3O4/c1-2-16-34-29(38)27(18-21-9-4-3-5-10-21)36(20-22-14-15-23(32)19-26(22)33)28(37)13-8-17-35-30(39)24-11-6-7-12-25(24)31(35)40/h3-7,9-12,14-15,19,27H,2,8,13,16-18,20H2,1H3,(H,34,38)/t27-/m0/s1. The van der Waals surface area contributed by atoms with Crippen LogP contribution in [-0.4, -0.2) is 52.6 Å². The third-order valence-corrected chi connectivity index (χ3v) is 7.41. The maximum absolute atomic E-state index is 13.8. The molecule has 3 aromatic rings. The normalized spacial score (nSPS) is 13.2. The van der Waals surface area contributed by atoms with E-state index in [0.717, 1.165) is 12.0 Å². The minimum atomic E-state index is -0.799. The Morgan fingerprint density at radius 1 is 0.925 bits per heavy atom. The molecule has 1 aliphatic rings. The number of halogens is 2. The highest BCUT2D eigenvalue weighted by Gasteiger charge is 2.35. The van der Waals surface area contributed by atoms with Gasteiger partial charge in [0.2, 0.25) is 11.8 Å². The number of nitrogens with one attached hydrogen (secondary N) is 1. The number of hydrogen-bond donors (Lipinski definition) is 1. The average molecular weight is 581 g/mol. The second-order valence-corrected chi connectivity index (χ2v) is 10.5. The molecule has 0 spiro atoms. The van der Waals surface area contributed by atoms with Gasteiger partial charge in [0.15, 0.2) is 0 Å². The first-order valence-corrected chi connectivity index (χ1v) is 14.1. The Morgan fingerprint density at radius 2 is 1.57 bits per heavy atom. The first-order valence-electron chi connectivity index (χ1n) is 13.3. The zero-order valence-corrected chi connectivity index (χ0v) is 23.8. The van der Waals surface area contributed by atoms with Gasteiger partial charge in [-0.2, -0.15) is 0 Å². The molecule has 0 unspecified atom stereocenters. The molecule has 4 amide bonds. The second-order valence-electron chi connectivity index (χ2n) is 9.66. The molecule has 0 bridgehead atoms. The third kappa shape index (κ3) is 6.90. The molecular weight excluding hydrogens is 549 g/mol. The molecule has 1 heterocycles. The van der Waals surface area contributed by atoms with E-state index in [0.29, 0.717) is 39.7 Å². The Kier molecular flexibility index (Phi) is 9.96. The van der Waals surface area contributed by atoms with Gasteiger partial charge in [-0.05, 0) is 48.2 Å². The van der Waals surface area contributed by atoms with Crippen LogP contribution in [0.3, 0.4) is 0 Å². The Morgan fingerprint density at radius 3 is 2.20 bits per heavy atom. The number of fused-ring (bicyclic) bond motifs is 1. The predicted octanol–water partition coefficient (Wildman–Crippen LogP) is 5.54. The van der Waals surface area contributed by atoms with Crippen LogP contribution < -0.4 is 5.32 Å². The minimum absolute atomic E-state index is 0.0327. The number of hydrogen-bond acceptors (Lipinski definition) is 4. The van der Waals surface area contributed by atoms with Crippen LogP contribution >= 0.6 is 23.2 Å². The summed E-state index contributed by atoms with van der Waals surface area (Å²) in [6.45, 7) is 2.63. The quantitative estimate of drug-likeness (QED) is 0.285. The van der Waals surface area contributed by atoms with Crippen LogP contribution in [0.4, 0.5) is 0 Å². The highest BCUT2D eigenvalue weighted by molar-refractivity contribution is 6.35. The lowest BCUT2D eigenvalue weighted by atomic mass is 10.0. The second kappa shape index (κ2) is 13.6. The van der Waals surface area contributed by atoms with E-state index in [9.17, 15) is 19.2 Å². The molecule has 0 aliphatic carbocycles. The van der Waals surface area contributed by atoms with Gasteiger partial charge >= 0.3 is 0 Å². The monoisotopic (exact) mass is 579 g/mol. The van der Waals surface area contributed by atoms with Gasteiger partial charge in [-0.25, -0.2) is 0 Å². The van der Waals surface area contributed by atoms with Crippen molar-refractivity contribution in [1.29, 1.82) is 0 Å². The minimum Gasteiger partial charge on any atom is -0.354 e. The fourth-order valence-corrected chi connectivity index (χ4v) is 5.20. The molecular formula is C31H31Cl2N3O4. The van der Waals surface area contributed by atoms with Crippen LogP contribution in [0.25, 0.3) is 0 Å². The molecule has 0 aromatic heterocycles. The van der Waals surface area contributed by atoms with E-state index in [1.807, 2.05) is 37.3 Å². The van der Waals surface area contributed by atoms with Crippen LogP contribution in [0.2, 0.25) is 10.0 Å². The van der Waals surface area contributed by atoms with Crippen molar-refractivity contribution in [3.63, 3.8) is 0 Å². The van der Waals surface area contributed by atoms with Crippen LogP contribution in [0, 0.1) is 0 Å². The Balaban J connectivity index is 1.56. The van der Waals surface area contributed by atoms with Gasteiger partial charge in [0, 0.05) is 42.5 Å². The molecule has 7 nitrogen and oxygen atoms in total. The molecule has 0 radical (unpaired) electrons. The predicted molar refractivity (Wildman–Crippen MR) is 155 cm³/mol. The maximum Gasteiger partial charge on any atom is 0.261 e. The van der Waals surface area contributed by atoms with Gasteiger partial charge < -0.3 is 10.2 Å². The summed E-state index contributed by atoms with van der Waals surface area (Å²) in [5.74, 6) is -1.27. The van der Waals surface area contributed by atoms with E-state index in [2.05, 4.69) is 5.32 Å². The number of benzene rings is 3. The van der Waals surface area contributed by atoms with Crippen LogP contribution in [0.15, 0.2) is 72.8 Å². The fraction of sp³-hybridized carbons (Fsp3) is 0.290. The molecule has 1 aliphatic heterocycles. The van der Waals surface area contributed by atoms with Gasteiger partial charge in [-0.3, -0.25) is 24.1 Å². The Hall–Kier alpha value is -3.68. The number of amides is 4. The van der Waals surface area contributed by atoms with Crippen molar-refractivity contribution in [2.75, 3.05) is 13.1 Å². The summed E-state index contributed by atoms with van der Waals surface area (Å²) < 4.78 is 0. The molecule has 1 atom stereocenters. The molecule has 0 fully saturated rings. The van der Waals surface area contributed by atoms with Crippen molar-refractivity contribution >= 4 is 46.8 Å². The van der Waals surface area contributed by atoms with E-state index in [1.165, 1.54) is 9.80 Å². The number of carbonyl (C=O) groups excluding carboxylic acids is 4. The van der Waals surface area contributed by atoms with Gasteiger partial charge in [0.1, 0.15) is 6.04 Å². The lowest BCUT2D eigenvalue weighted by molar-refractivity contribution is -0.141. The smallest absolute Gasteiger partial charge is 0.261 e. The fourth-order valence-electron chi connectivity index (χ4n) is 4.73. The zero-order chi connectivity index (χ0) is 28.6. The van der Waals surface area contributed by atoms with Crippen molar-refractivity contribution in [3.05, 3.63) is 105 Å². The topological polar surface area (TPSA) is 86.8 Å². The Bertz CT molecular complexity index is 1360. The maximum atomic E-state index is 13.8. The van der Waals surface area contributed by atoms with E-state index >= 15 is 0 Å². The van der Waals surface area contributed by atoms with Gasteiger partial charge in [0.05, 0.1) is 11.1 Å². The molecule has 9 heteroatoms. The highest BCUT2D eigenvalue weighted by atomic mass is 35.5. The molecule has 208 valence electrons. The van der Waals surface area contributed by atoms with Crippen LogP contribution in [-0.2, 0) is 22.6 Å². The van der Waals surface area contributed by atoms with Crippen molar-refractivity contribution in [3.8, 4) is 0 Å². The summed E-state index contributed by atoms with van der Waals surface area (Å²) >= 11 is 12.6. The SMILES string of the molecule is CCCNC(=O)[C@H](Cc1ccccc1)N(Cc1ccc(Cl)cc1Cl)C(=O)CCCN1C(=O)c2ccccc2C1=O. The number of rotatable bonds is 12. The molecule has 3 aromatic carbocycles. The van der Waals surface area contributed by atoms with Crippen molar-refractivity contribution in [2.24, 2.45) is 0 Å². The van der Waals surface area contributed by atoms with Gasteiger partial charge in [-0.15, -0.1) is 0 Å². The van der Waals surface area contributed by atoms with E-state index in [-0.39, 0.29) is 49.6 Å². The Labute approximate surface area is 244 Å². The molecule has 0 saturated heterocycles. The average Bonchev–Trinajstić information content (AvgIpc) is 3.20. The summed E-state index contributed by atoms with van der Waals surface area (Å²) in [7, 11) is 0. The molecule has 4 rings (SSSR count). The highest BCUT2D eigenvalue weighted by Crippen LogP contribution is 2.26. The molecule has 1 N–H and O–H groups in total. The summed E-state index contributed by atoms with van der Waals surface area (Å²) in [4.78, 5) is 55.4.